The number of nitrogens with zero attached hydrogens (tertiary/aromatic N) is 2. The molecule has 156 valence electrons. The smallest absolute Gasteiger partial charge is 0.257 e. The molecule has 4 aromatic rings. The molecule has 0 radical (unpaired) electrons. The number of H-pyrrole nitrogens is 1. The second-order valence-corrected chi connectivity index (χ2v) is 7.75. The van der Waals surface area contributed by atoms with E-state index in [-0.39, 0.29) is 11.7 Å². The van der Waals surface area contributed by atoms with Gasteiger partial charge in [-0.25, -0.2) is 4.98 Å². The molecule has 6 nitrogen and oxygen atoms in total. The first-order valence-electron chi connectivity index (χ1n) is 10.4. The van der Waals surface area contributed by atoms with Crippen molar-refractivity contribution in [1.29, 1.82) is 0 Å². The molecule has 1 aliphatic rings. The summed E-state index contributed by atoms with van der Waals surface area (Å²) in [4.78, 5) is 22.5. The number of methoxy groups -OCH3 is 1. The number of phenolic OH excluding ortho intramolecular Hbond substituents is 1. The van der Waals surface area contributed by atoms with Crippen LogP contribution >= 0.6 is 0 Å². The number of aromatic hydroxyl groups is 1. The first kappa shape index (κ1) is 19.2. The summed E-state index contributed by atoms with van der Waals surface area (Å²) in [5.74, 6) is 0.671. The van der Waals surface area contributed by atoms with Crippen molar-refractivity contribution >= 4 is 16.9 Å². The standard InChI is InChI=1S/C25H23N3O3/c1-31-23-7-3-2-6-18(23)21-15-27-24-19(21)13-17(14-26-24)16-8-9-22(29)20(12-16)25(30)28-10-4-5-11-28/h2-3,6-9,12-15,29H,4-5,10-11H2,1H3,(H,26,27). The van der Waals surface area contributed by atoms with Crippen molar-refractivity contribution in [1.82, 2.24) is 14.9 Å². The van der Waals surface area contributed by atoms with Crippen LogP contribution in [0.5, 0.6) is 11.5 Å². The SMILES string of the molecule is COc1ccccc1-c1c[nH]c2ncc(-c3ccc(O)c(C(=O)N4CCCC4)c3)cc12. The third-order valence-corrected chi connectivity index (χ3v) is 5.88. The number of para-hydroxylation sites is 1. The van der Waals surface area contributed by atoms with Gasteiger partial charge in [0.25, 0.3) is 5.91 Å². The fourth-order valence-electron chi connectivity index (χ4n) is 4.23. The Balaban J connectivity index is 1.58. The lowest BCUT2D eigenvalue weighted by Gasteiger charge is -2.16. The number of ether oxygens (including phenoxy) is 1. The number of carbonyl (C=O) groups is 1. The molecule has 0 atom stereocenters. The van der Waals surface area contributed by atoms with Crippen molar-refractivity contribution in [3.05, 3.63) is 66.5 Å². The van der Waals surface area contributed by atoms with E-state index in [1.165, 1.54) is 0 Å². The Morgan fingerprint density at radius 1 is 1.06 bits per heavy atom. The van der Waals surface area contributed by atoms with Crippen LogP contribution in [0.15, 0.2) is 60.9 Å². The van der Waals surface area contributed by atoms with Gasteiger partial charge in [0.2, 0.25) is 0 Å². The molecule has 1 saturated heterocycles. The molecule has 3 heterocycles. The van der Waals surface area contributed by atoms with Gasteiger partial charge >= 0.3 is 0 Å². The molecule has 1 aliphatic heterocycles. The number of likely N-dealkylation sites (tertiary alicyclic amines) is 1. The molecule has 1 fully saturated rings. The summed E-state index contributed by atoms with van der Waals surface area (Å²) in [6.45, 7) is 1.48. The molecule has 2 aromatic heterocycles. The van der Waals surface area contributed by atoms with Crippen molar-refractivity contribution in [2.24, 2.45) is 0 Å². The highest BCUT2D eigenvalue weighted by Crippen LogP contribution is 2.36. The van der Waals surface area contributed by atoms with Crippen molar-refractivity contribution < 1.29 is 14.6 Å². The minimum absolute atomic E-state index is 0.00560. The maximum Gasteiger partial charge on any atom is 0.257 e. The maximum absolute atomic E-state index is 12.9. The molecule has 2 N–H and O–H groups in total. The van der Waals surface area contributed by atoms with Gasteiger partial charge in [-0.05, 0) is 42.7 Å². The zero-order valence-electron chi connectivity index (χ0n) is 17.3. The second-order valence-electron chi connectivity index (χ2n) is 7.75. The first-order chi connectivity index (χ1) is 15.2. The molecule has 0 spiro atoms. The van der Waals surface area contributed by atoms with Crippen LogP contribution < -0.4 is 4.74 Å². The molecule has 2 aromatic carbocycles. The largest absolute Gasteiger partial charge is 0.507 e. The summed E-state index contributed by atoms with van der Waals surface area (Å²) in [6.07, 6.45) is 5.72. The fraction of sp³-hybridized carbons (Fsp3) is 0.200. The molecule has 5 rings (SSSR count). The van der Waals surface area contributed by atoms with Crippen LogP contribution in [0.25, 0.3) is 33.3 Å². The van der Waals surface area contributed by atoms with Crippen LogP contribution in [-0.2, 0) is 0 Å². The lowest BCUT2D eigenvalue weighted by atomic mass is 10.00. The molecule has 6 heteroatoms. The van der Waals surface area contributed by atoms with E-state index < -0.39 is 0 Å². The number of aromatic nitrogens is 2. The molecule has 0 saturated carbocycles. The van der Waals surface area contributed by atoms with E-state index in [1.807, 2.05) is 36.5 Å². The highest BCUT2D eigenvalue weighted by Gasteiger charge is 2.22. The zero-order valence-corrected chi connectivity index (χ0v) is 17.3. The Morgan fingerprint density at radius 2 is 1.87 bits per heavy atom. The zero-order chi connectivity index (χ0) is 21.4. The van der Waals surface area contributed by atoms with E-state index in [4.69, 9.17) is 4.74 Å². The number of phenols is 1. The predicted octanol–water partition coefficient (Wildman–Crippen LogP) is 4.85. The van der Waals surface area contributed by atoms with Crippen LogP contribution in [0.1, 0.15) is 23.2 Å². The summed E-state index contributed by atoms with van der Waals surface area (Å²) in [5, 5.41) is 11.3. The van der Waals surface area contributed by atoms with Gasteiger partial charge in [-0.15, -0.1) is 0 Å². The van der Waals surface area contributed by atoms with E-state index in [0.29, 0.717) is 5.56 Å². The molecular weight excluding hydrogens is 390 g/mol. The number of pyridine rings is 1. The average molecular weight is 413 g/mol. The van der Waals surface area contributed by atoms with Gasteiger partial charge < -0.3 is 19.7 Å². The number of nitrogens with one attached hydrogen (secondary N) is 1. The van der Waals surface area contributed by atoms with E-state index >= 15 is 0 Å². The normalized spacial score (nSPS) is 13.6. The van der Waals surface area contributed by atoms with Crippen LogP contribution in [0, 0.1) is 0 Å². The number of carbonyl (C=O) groups excluding carboxylic acids is 1. The van der Waals surface area contributed by atoms with Crippen molar-refractivity contribution in [3.63, 3.8) is 0 Å². The van der Waals surface area contributed by atoms with E-state index in [9.17, 15) is 9.90 Å². The van der Waals surface area contributed by atoms with Crippen LogP contribution in [0.4, 0.5) is 0 Å². The second kappa shape index (κ2) is 7.80. The number of hydrogen-bond acceptors (Lipinski definition) is 4. The Bertz CT molecular complexity index is 1270. The summed E-state index contributed by atoms with van der Waals surface area (Å²) in [6, 6.07) is 15.1. The van der Waals surface area contributed by atoms with Gasteiger partial charge in [0.1, 0.15) is 17.1 Å². The molecule has 0 unspecified atom stereocenters. The van der Waals surface area contributed by atoms with Crippen molar-refractivity contribution in [2.75, 3.05) is 20.2 Å². The van der Waals surface area contributed by atoms with E-state index in [2.05, 4.69) is 16.0 Å². The Hall–Kier alpha value is -3.80. The van der Waals surface area contributed by atoms with Gasteiger partial charge in [0, 0.05) is 47.6 Å². The van der Waals surface area contributed by atoms with Gasteiger partial charge in [0.15, 0.2) is 0 Å². The fourth-order valence-corrected chi connectivity index (χ4v) is 4.23. The van der Waals surface area contributed by atoms with E-state index in [0.717, 1.165) is 65.0 Å². The number of aromatic amines is 1. The molecular formula is C25H23N3O3. The third kappa shape index (κ3) is 3.40. The Kier molecular flexibility index (Phi) is 4.82. The predicted molar refractivity (Wildman–Crippen MR) is 120 cm³/mol. The van der Waals surface area contributed by atoms with Gasteiger partial charge in [-0.2, -0.15) is 0 Å². The molecule has 31 heavy (non-hydrogen) atoms. The molecule has 0 bridgehead atoms. The number of benzene rings is 2. The lowest BCUT2D eigenvalue weighted by molar-refractivity contribution is 0.0790. The molecule has 1 amide bonds. The van der Waals surface area contributed by atoms with Crippen molar-refractivity contribution in [3.8, 4) is 33.8 Å². The highest BCUT2D eigenvalue weighted by atomic mass is 16.5. The number of fused-ring (bicyclic) bond motifs is 1. The molecule has 0 aliphatic carbocycles. The van der Waals surface area contributed by atoms with Gasteiger partial charge in [-0.1, -0.05) is 24.3 Å². The van der Waals surface area contributed by atoms with E-state index in [1.54, 1.807) is 30.3 Å². The van der Waals surface area contributed by atoms with Gasteiger partial charge in [-0.3, -0.25) is 4.79 Å². The van der Waals surface area contributed by atoms with Crippen LogP contribution in [0.2, 0.25) is 0 Å². The van der Waals surface area contributed by atoms with Crippen LogP contribution in [0.3, 0.4) is 0 Å². The average Bonchev–Trinajstić information content (AvgIpc) is 3.49. The quantitative estimate of drug-likeness (QED) is 0.501. The lowest BCUT2D eigenvalue weighted by Crippen LogP contribution is -2.27. The number of amides is 1. The summed E-state index contributed by atoms with van der Waals surface area (Å²) in [7, 11) is 1.66. The third-order valence-electron chi connectivity index (χ3n) is 5.88. The summed E-state index contributed by atoms with van der Waals surface area (Å²) in [5.41, 5.74) is 4.79. The van der Waals surface area contributed by atoms with Crippen molar-refractivity contribution in [2.45, 2.75) is 12.8 Å². The maximum atomic E-state index is 12.9. The Morgan fingerprint density at radius 3 is 2.68 bits per heavy atom. The number of rotatable bonds is 4. The topological polar surface area (TPSA) is 78.5 Å². The monoisotopic (exact) mass is 413 g/mol. The number of hydrogen-bond donors (Lipinski definition) is 2. The minimum atomic E-state index is -0.123. The summed E-state index contributed by atoms with van der Waals surface area (Å²) < 4.78 is 5.53. The van der Waals surface area contributed by atoms with Gasteiger partial charge in [0.05, 0.1) is 12.7 Å². The Labute approximate surface area is 180 Å². The first-order valence-corrected chi connectivity index (χ1v) is 10.4. The highest BCUT2D eigenvalue weighted by molar-refractivity contribution is 6.00. The summed E-state index contributed by atoms with van der Waals surface area (Å²) >= 11 is 0. The van der Waals surface area contributed by atoms with Crippen LogP contribution in [-0.4, -0.2) is 46.1 Å². The minimum Gasteiger partial charge on any atom is -0.507 e.